The Balaban J connectivity index is 1.62. The first-order chi connectivity index (χ1) is 12.5. The molecule has 0 aliphatic heterocycles. The quantitative estimate of drug-likeness (QED) is 0.704. The lowest BCUT2D eigenvalue weighted by Gasteiger charge is -2.08. The smallest absolute Gasteiger partial charge is 0.272 e. The van der Waals surface area contributed by atoms with Gasteiger partial charge in [0, 0.05) is 12.2 Å². The molecule has 0 unspecified atom stereocenters. The van der Waals surface area contributed by atoms with Gasteiger partial charge in [0.1, 0.15) is 5.82 Å². The normalized spacial score (nSPS) is 10.4. The second kappa shape index (κ2) is 7.93. The molecule has 0 aliphatic carbocycles. The van der Waals surface area contributed by atoms with Crippen LogP contribution in [-0.2, 0) is 6.54 Å². The third-order valence-corrected chi connectivity index (χ3v) is 4.08. The van der Waals surface area contributed by atoms with Crippen molar-refractivity contribution in [3.05, 3.63) is 82.3 Å². The molecule has 3 aromatic rings. The Hall–Kier alpha value is -2.99. The van der Waals surface area contributed by atoms with Crippen LogP contribution in [0.4, 0.5) is 15.9 Å². The molecule has 2 N–H and O–H groups in total. The third kappa shape index (κ3) is 4.34. The van der Waals surface area contributed by atoms with Gasteiger partial charge in [-0.05, 0) is 48.4 Å². The molecule has 3 rings (SSSR count). The second-order valence-electron chi connectivity index (χ2n) is 5.67. The summed E-state index contributed by atoms with van der Waals surface area (Å²) >= 11 is 5.74. The van der Waals surface area contributed by atoms with E-state index in [1.807, 2.05) is 31.2 Å². The average Bonchev–Trinajstić information content (AvgIpc) is 2.64. The Bertz CT molecular complexity index is 931. The van der Waals surface area contributed by atoms with Gasteiger partial charge in [-0.2, -0.15) is 0 Å². The Labute approximate surface area is 155 Å². The average molecular weight is 371 g/mol. The topological polar surface area (TPSA) is 66.9 Å². The predicted molar refractivity (Wildman–Crippen MR) is 99.1 cm³/mol. The van der Waals surface area contributed by atoms with Gasteiger partial charge < -0.3 is 10.6 Å². The van der Waals surface area contributed by atoms with Gasteiger partial charge in [0.2, 0.25) is 0 Å². The number of hydrogen-bond acceptors (Lipinski definition) is 4. The monoisotopic (exact) mass is 370 g/mol. The fourth-order valence-corrected chi connectivity index (χ4v) is 2.50. The molecule has 0 bridgehead atoms. The van der Waals surface area contributed by atoms with Crippen molar-refractivity contribution in [2.24, 2.45) is 0 Å². The lowest BCUT2D eigenvalue weighted by molar-refractivity contribution is 0.0945. The zero-order chi connectivity index (χ0) is 18.5. The summed E-state index contributed by atoms with van der Waals surface area (Å²) in [5, 5.41) is 13.7. The van der Waals surface area contributed by atoms with Crippen molar-refractivity contribution in [2.75, 3.05) is 5.32 Å². The fraction of sp³-hybridized carbons (Fsp3) is 0.105. The summed E-state index contributed by atoms with van der Waals surface area (Å²) in [5.74, 6) is -0.385. The van der Waals surface area contributed by atoms with Gasteiger partial charge in [-0.25, -0.2) is 4.39 Å². The van der Waals surface area contributed by atoms with E-state index < -0.39 is 5.82 Å². The molecule has 0 saturated carbocycles. The Morgan fingerprint density at radius 3 is 2.62 bits per heavy atom. The second-order valence-corrected chi connectivity index (χ2v) is 6.07. The number of rotatable bonds is 5. The van der Waals surface area contributed by atoms with Gasteiger partial charge in [0.25, 0.3) is 5.91 Å². The minimum Gasteiger partial charge on any atom is -0.347 e. The van der Waals surface area contributed by atoms with E-state index in [0.29, 0.717) is 18.1 Å². The van der Waals surface area contributed by atoms with Gasteiger partial charge in [0.15, 0.2) is 11.5 Å². The Kier molecular flexibility index (Phi) is 5.43. The maximum atomic E-state index is 13.2. The van der Waals surface area contributed by atoms with E-state index >= 15 is 0 Å². The molecule has 0 atom stereocenters. The number of halogens is 2. The zero-order valence-corrected chi connectivity index (χ0v) is 14.7. The maximum Gasteiger partial charge on any atom is 0.272 e. The van der Waals surface area contributed by atoms with Gasteiger partial charge >= 0.3 is 0 Å². The van der Waals surface area contributed by atoms with E-state index in [2.05, 4.69) is 20.8 Å². The standard InChI is InChI=1S/C19H16ClFN4O/c1-12-4-2-3-5-13(12)11-22-19(26)17-8-9-18(25-24-17)23-14-6-7-16(21)15(20)10-14/h2-10H,11H2,1H3,(H,22,26)(H,23,25). The Morgan fingerprint density at radius 1 is 1.12 bits per heavy atom. The zero-order valence-electron chi connectivity index (χ0n) is 14.0. The molecular weight excluding hydrogens is 355 g/mol. The molecule has 2 aromatic carbocycles. The van der Waals surface area contributed by atoms with Crippen LogP contribution in [-0.4, -0.2) is 16.1 Å². The number of carbonyl (C=O) groups excluding carboxylic acids is 1. The molecule has 0 fully saturated rings. The minimum atomic E-state index is -0.496. The highest BCUT2D eigenvalue weighted by atomic mass is 35.5. The summed E-state index contributed by atoms with van der Waals surface area (Å²) in [6.07, 6.45) is 0. The Morgan fingerprint density at radius 2 is 1.92 bits per heavy atom. The molecule has 0 radical (unpaired) electrons. The van der Waals surface area contributed by atoms with Crippen molar-refractivity contribution >= 4 is 29.0 Å². The third-order valence-electron chi connectivity index (χ3n) is 3.79. The van der Waals surface area contributed by atoms with Gasteiger partial charge in [-0.15, -0.1) is 10.2 Å². The molecule has 26 heavy (non-hydrogen) atoms. The first-order valence-corrected chi connectivity index (χ1v) is 8.29. The molecular formula is C19H16ClFN4O. The van der Waals surface area contributed by atoms with Crippen molar-refractivity contribution in [3.63, 3.8) is 0 Å². The number of carbonyl (C=O) groups is 1. The van der Waals surface area contributed by atoms with E-state index in [-0.39, 0.29) is 16.6 Å². The van der Waals surface area contributed by atoms with Crippen LogP contribution in [0.15, 0.2) is 54.6 Å². The molecule has 0 saturated heterocycles. The van der Waals surface area contributed by atoms with Crippen LogP contribution in [0, 0.1) is 12.7 Å². The highest BCUT2D eigenvalue weighted by Crippen LogP contribution is 2.21. The maximum absolute atomic E-state index is 13.2. The van der Waals surface area contributed by atoms with Crippen molar-refractivity contribution < 1.29 is 9.18 Å². The van der Waals surface area contributed by atoms with Crippen molar-refractivity contribution in [3.8, 4) is 0 Å². The fourth-order valence-electron chi connectivity index (χ4n) is 2.32. The summed E-state index contributed by atoms with van der Waals surface area (Å²) < 4.78 is 13.2. The van der Waals surface area contributed by atoms with Crippen LogP contribution in [0.25, 0.3) is 0 Å². The molecule has 5 nitrogen and oxygen atoms in total. The van der Waals surface area contributed by atoms with Crippen molar-refractivity contribution in [1.82, 2.24) is 15.5 Å². The molecule has 0 spiro atoms. The van der Waals surface area contributed by atoms with Crippen LogP contribution in [0.3, 0.4) is 0 Å². The first-order valence-electron chi connectivity index (χ1n) is 7.91. The van der Waals surface area contributed by atoms with Crippen LogP contribution in [0.2, 0.25) is 5.02 Å². The van der Waals surface area contributed by atoms with Crippen LogP contribution >= 0.6 is 11.6 Å². The van der Waals surface area contributed by atoms with E-state index in [1.165, 1.54) is 18.2 Å². The number of hydrogen-bond donors (Lipinski definition) is 2. The molecule has 0 aliphatic rings. The lowest BCUT2D eigenvalue weighted by atomic mass is 10.1. The number of aryl methyl sites for hydroxylation is 1. The predicted octanol–water partition coefficient (Wildman–Crippen LogP) is 4.25. The highest BCUT2D eigenvalue weighted by Gasteiger charge is 2.09. The molecule has 1 amide bonds. The van der Waals surface area contributed by atoms with Gasteiger partial charge in [-0.3, -0.25) is 4.79 Å². The number of aromatic nitrogens is 2. The molecule has 7 heteroatoms. The lowest BCUT2D eigenvalue weighted by Crippen LogP contribution is -2.24. The summed E-state index contributed by atoms with van der Waals surface area (Å²) in [6, 6.07) is 15.2. The SMILES string of the molecule is Cc1ccccc1CNC(=O)c1ccc(Nc2ccc(F)c(Cl)c2)nn1. The number of nitrogens with zero attached hydrogens (tertiary/aromatic N) is 2. The summed E-state index contributed by atoms with van der Waals surface area (Å²) in [7, 11) is 0. The van der Waals surface area contributed by atoms with Crippen molar-refractivity contribution in [2.45, 2.75) is 13.5 Å². The number of benzene rings is 2. The van der Waals surface area contributed by atoms with Gasteiger partial charge in [0.05, 0.1) is 5.02 Å². The summed E-state index contributed by atoms with van der Waals surface area (Å²) in [6.45, 7) is 2.41. The molecule has 1 heterocycles. The first kappa shape index (κ1) is 17.8. The van der Waals surface area contributed by atoms with Crippen molar-refractivity contribution in [1.29, 1.82) is 0 Å². The van der Waals surface area contributed by atoms with Crippen LogP contribution in [0.5, 0.6) is 0 Å². The minimum absolute atomic E-state index is 0.00941. The van der Waals surface area contributed by atoms with E-state index in [1.54, 1.807) is 12.1 Å². The van der Waals surface area contributed by atoms with Crippen LogP contribution in [0.1, 0.15) is 21.6 Å². The number of nitrogens with one attached hydrogen (secondary N) is 2. The molecule has 1 aromatic heterocycles. The van der Waals surface area contributed by atoms with Gasteiger partial charge in [-0.1, -0.05) is 35.9 Å². The van der Waals surface area contributed by atoms with E-state index in [9.17, 15) is 9.18 Å². The molecule has 132 valence electrons. The van der Waals surface area contributed by atoms with E-state index in [0.717, 1.165) is 11.1 Å². The summed E-state index contributed by atoms with van der Waals surface area (Å²) in [5.41, 5.74) is 2.93. The number of anilines is 2. The summed E-state index contributed by atoms with van der Waals surface area (Å²) in [4.78, 5) is 12.2. The van der Waals surface area contributed by atoms with E-state index in [4.69, 9.17) is 11.6 Å². The largest absolute Gasteiger partial charge is 0.347 e. The highest BCUT2D eigenvalue weighted by molar-refractivity contribution is 6.31. The van der Waals surface area contributed by atoms with Crippen LogP contribution < -0.4 is 10.6 Å². The number of amides is 1.